The highest BCUT2D eigenvalue weighted by Gasteiger charge is 2.61. The fraction of sp³-hybridized carbons (Fsp3) is 0.684. The van der Waals surface area contributed by atoms with Gasteiger partial charge in [-0.05, 0) is 78.4 Å². The molecule has 0 heterocycles. The molecular formula is C19H26ClN. The molecule has 0 radical (unpaired) electrons. The lowest BCUT2D eigenvalue weighted by Gasteiger charge is -2.67. The molecule has 0 amide bonds. The highest BCUT2D eigenvalue weighted by molar-refractivity contribution is 6.30. The smallest absolute Gasteiger partial charge is 0.0409 e. The summed E-state index contributed by atoms with van der Waals surface area (Å²) in [5, 5.41) is 0.810. The molecule has 4 aliphatic carbocycles. The van der Waals surface area contributed by atoms with Gasteiger partial charge in [0.1, 0.15) is 0 Å². The number of nitrogens with two attached hydrogens (primary N) is 1. The fourth-order valence-electron chi connectivity index (χ4n) is 6.94. The Labute approximate surface area is 133 Å². The van der Waals surface area contributed by atoms with E-state index in [1.165, 1.54) is 44.1 Å². The molecule has 5 rings (SSSR count). The van der Waals surface area contributed by atoms with Crippen LogP contribution in [0.1, 0.15) is 64.0 Å². The highest BCUT2D eigenvalue weighted by atomic mass is 35.5. The van der Waals surface area contributed by atoms with Gasteiger partial charge in [-0.25, -0.2) is 0 Å². The minimum Gasteiger partial charge on any atom is -0.323 e. The van der Waals surface area contributed by atoms with Crippen LogP contribution in [0.3, 0.4) is 0 Å². The SMILES string of the molecule is CC12CC3CC(C)(C1)CC(C(N)c1cccc(Cl)c1)(C3)C2. The average molecular weight is 304 g/mol. The Morgan fingerprint density at radius 3 is 2.33 bits per heavy atom. The van der Waals surface area contributed by atoms with Crippen molar-refractivity contribution in [3.05, 3.63) is 34.9 Å². The van der Waals surface area contributed by atoms with Crippen LogP contribution in [-0.2, 0) is 0 Å². The first-order chi connectivity index (χ1) is 9.82. The number of rotatable bonds is 2. The van der Waals surface area contributed by atoms with Gasteiger partial charge in [0.05, 0.1) is 0 Å². The van der Waals surface area contributed by atoms with Crippen molar-refractivity contribution >= 4 is 11.6 Å². The van der Waals surface area contributed by atoms with Crippen molar-refractivity contribution in [1.82, 2.24) is 0 Å². The summed E-state index contributed by atoms with van der Waals surface area (Å²) >= 11 is 6.20. The first-order valence-electron chi connectivity index (χ1n) is 8.33. The molecule has 3 atom stereocenters. The monoisotopic (exact) mass is 303 g/mol. The molecule has 0 aliphatic heterocycles. The van der Waals surface area contributed by atoms with E-state index in [9.17, 15) is 0 Å². The minimum atomic E-state index is 0.137. The Kier molecular flexibility index (Phi) is 2.86. The third-order valence-electron chi connectivity index (χ3n) is 6.54. The van der Waals surface area contributed by atoms with Gasteiger partial charge < -0.3 is 5.73 Å². The van der Waals surface area contributed by atoms with Crippen LogP contribution in [0, 0.1) is 22.2 Å². The van der Waals surface area contributed by atoms with Crippen molar-refractivity contribution in [1.29, 1.82) is 0 Å². The van der Waals surface area contributed by atoms with Gasteiger partial charge in [-0.1, -0.05) is 37.6 Å². The zero-order valence-corrected chi connectivity index (χ0v) is 13.9. The second-order valence-corrected chi connectivity index (χ2v) is 9.46. The summed E-state index contributed by atoms with van der Waals surface area (Å²) in [7, 11) is 0. The molecule has 1 aromatic rings. The summed E-state index contributed by atoms with van der Waals surface area (Å²) in [6.07, 6.45) is 8.19. The van der Waals surface area contributed by atoms with E-state index in [0.29, 0.717) is 16.2 Å². The lowest BCUT2D eigenvalue weighted by Crippen LogP contribution is -2.58. The molecule has 1 aromatic carbocycles. The minimum absolute atomic E-state index is 0.137. The maximum Gasteiger partial charge on any atom is 0.0409 e. The van der Waals surface area contributed by atoms with Crippen molar-refractivity contribution in [3.63, 3.8) is 0 Å². The molecule has 2 heteroatoms. The molecule has 0 saturated heterocycles. The van der Waals surface area contributed by atoms with Gasteiger partial charge in [0, 0.05) is 11.1 Å². The van der Waals surface area contributed by atoms with Gasteiger partial charge in [0.15, 0.2) is 0 Å². The van der Waals surface area contributed by atoms with Crippen LogP contribution >= 0.6 is 11.6 Å². The fourth-order valence-corrected chi connectivity index (χ4v) is 7.14. The zero-order chi connectivity index (χ0) is 14.9. The van der Waals surface area contributed by atoms with Crippen molar-refractivity contribution < 1.29 is 0 Å². The number of benzene rings is 1. The summed E-state index contributed by atoms with van der Waals surface area (Å²) in [5.74, 6) is 0.890. The average Bonchev–Trinajstić information content (AvgIpc) is 2.33. The number of hydrogen-bond acceptors (Lipinski definition) is 1. The van der Waals surface area contributed by atoms with Crippen LogP contribution in [0.15, 0.2) is 24.3 Å². The van der Waals surface area contributed by atoms with E-state index in [1.807, 2.05) is 12.1 Å². The standard InChI is InChI=1S/C19H26ClN/c1-17-7-13-8-18(2,10-17)12-19(9-13,11-17)16(21)14-4-3-5-15(20)6-14/h3-6,13,16H,7-12,21H2,1-2H3. The summed E-state index contributed by atoms with van der Waals surface area (Å²) < 4.78 is 0. The van der Waals surface area contributed by atoms with Crippen LogP contribution in [0.2, 0.25) is 5.02 Å². The lowest BCUT2D eigenvalue weighted by molar-refractivity contribution is -0.154. The molecule has 2 N–H and O–H groups in total. The van der Waals surface area contributed by atoms with Gasteiger partial charge in [-0.2, -0.15) is 0 Å². The molecule has 114 valence electrons. The third-order valence-corrected chi connectivity index (χ3v) is 6.77. The van der Waals surface area contributed by atoms with Gasteiger partial charge in [-0.3, -0.25) is 0 Å². The maximum atomic E-state index is 6.82. The second-order valence-electron chi connectivity index (χ2n) is 9.03. The third kappa shape index (κ3) is 2.16. The predicted molar refractivity (Wildman–Crippen MR) is 88.2 cm³/mol. The van der Waals surface area contributed by atoms with Crippen molar-refractivity contribution in [2.45, 2.75) is 58.4 Å². The number of hydrogen-bond donors (Lipinski definition) is 1. The molecule has 4 saturated carbocycles. The van der Waals surface area contributed by atoms with Crippen molar-refractivity contribution in [3.8, 4) is 0 Å². The van der Waals surface area contributed by atoms with E-state index in [1.54, 1.807) is 0 Å². The molecule has 1 nitrogen and oxygen atoms in total. The van der Waals surface area contributed by atoms with Gasteiger partial charge in [0.2, 0.25) is 0 Å². The largest absolute Gasteiger partial charge is 0.323 e. The van der Waals surface area contributed by atoms with Crippen LogP contribution in [0.25, 0.3) is 0 Å². The Balaban J connectivity index is 1.74. The van der Waals surface area contributed by atoms with Crippen molar-refractivity contribution in [2.24, 2.45) is 27.9 Å². The topological polar surface area (TPSA) is 26.0 Å². The Morgan fingerprint density at radius 1 is 1.10 bits per heavy atom. The van der Waals surface area contributed by atoms with Gasteiger partial charge in [0.25, 0.3) is 0 Å². The van der Waals surface area contributed by atoms with Crippen LogP contribution < -0.4 is 5.73 Å². The van der Waals surface area contributed by atoms with E-state index < -0.39 is 0 Å². The number of halogens is 1. The van der Waals surface area contributed by atoms with Crippen LogP contribution in [0.4, 0.5) is 0 Å². The molecule has 3 unspecified atom stereocenters. The molecule has 21 heavy (non-hydrogen) atoms. The Hall–Kier alpha value is -0.530. The van der Waals surface area contributed by atoms with Gasteiger partial charge >= 0.3 is 0 Å². The summed E-state index contributed by atoms with van der Waals surface area (Å²) in [4.78, 5) is 0. The summed E-state index contributed by atoms with van der Waals surface area (Å²) in [5.41, 5.74) is 9.39. The van der Waals surface area contributed by atoms with Gasteiger partial charge in [-0.15, -0.1) is 0 Å². The maximum absolute atomic E-state index is 6.82. The Morgan fingerprint density at radius 2 is 1.76 bits per heavy atom. The van der Waals surface area contributed by atoms with E-state index in [2.05, 4.69) is 26.0 Å². The van der Waals surface area contributed by atoms with Crippen LogP contribution in [0.5, 0.6) is 0 Å². The molecule has 4 aliphatic rings. The van der Waals surface area contributed by atoms with E-state index >= 15 is 0 Å². The first-order valence-corrected chi connectivity index (χ1v) is 8.71. The molecule has 4 bridgehead atoms. The van der Waals surface area contributed by atoms with E-state index in [-0.39, 0.29) is 6.04 Å². The van der Waals surface area contributed by atoms with Crippen LogP contribution in [-0.4, -0.2) is 0 Å². The summed E-state index contributed by atoms with van der Waals surface area (Å²) in [6, 6.07) is 8.37. The predicted octanol–water partition coefficient (Wildman–Crippen LogP) is 5.34. The lowest BCUT2D eigenvalue weighted by atomic mass is 9.39. The highest BCUT2D eigenvalue weighted by Crippen LogP contribution is 2.71. The quantitative estimate of drug-likeness (QED) is 0.784. The second kappa shape index (κ2) is 4.26. The summed E-state index contributed by atoms with van der Waals surface area (Å²) in [6.45, 7) is 5.02. The molecule has 0 spiro atoms. The van der Waals surface area contributed by atoms with E-state index in [0.717, 1.165) is 10.9 Å². The normalized spacial score (nSPS) is 45.8. The molecule has 4 fully saturated rings. The Bertz CT molecular complexity index is 563. The molecular weight excluding hydrogens is 278 g/mol. The van der Waals surface area contributed by atoms with Crippen molar-refractivity contribution in [2.75, 3.05) is 0 Å². The zero-order valence-electron chi connectivity index (χ0n) is 13.2. The van der Waals surface area contributed by atoms with E-state index in [4.69, 9.17) is 17.3 Å². The molecule has 0 aromatic heterocycles. The first kappa shape index (κ1) is 14.1.